The van der Waals surface area contributed by atoms with Gasteiger partial charge in [-0.3, -0.25) is 33.9 Å². The largest absolute Gasteiger partial charge is 0.325 e. The van der Waals surface area contributed by atoms with E-state index in [4.69, 9.17) is 0 Å². The Balaban J connectivity index is 1.39. The second kappa shape index (κ2) is 10.7. The molecule has 1 aromatic heterocycles. The van der Waals surface area contributed by atoms with Crippen LogP contribution in [0.3, 0.4) is 0 Å². The van der Waals surface area contributed by atoms with Crippen LogP contribution in [0.15, 0.2) is 82.6 Å². The van der Waals surface area contributed by atoms with Gasteiger partial charge in [0.05, 0.1) is 21.6 Å². The maximum absolute atomic E-state index is 13.9. The molecule has 0 saturated carbocycles. The Morgan fingerprint density at radius 2 is 1.64 bits per heavy atom. The van der Waals surface area contributed by atoms with Crippen molar-refractivity contribution in [3.05, 3.63) is 114 Å². The van der Waals surface area contributed by atoms with E-state index in [0.29, 0.717) is 21.2 Å². The number of nitrogens with one attached hydrogen (secondary N) is 1. The number of hydrogen-bond acceptors (Lipinski definition) is 8. The van der Waals surface area contributed by atoms with E-state index in [1.165, 1.54) is 53.1 Å². The van der Waals surface area contributed by atoms with Gasteiger partial charge in [0.1, 0.15) is 17.6 Å². The van der Waals surface area contributed by atoms with E-state index in [1.807, 2.05) is 19.1 Å². The number of imide groups is 1. The predicted molar refractivity (Wildman–Crippen MR) is 155 cm³/mol. The minimum atomic E-state index is -0.948. The number of non-ortho nitro benzene ring substituents is 1. The quantitative estimate of drug-likeness (QED) is 0.192. The topological polar surface area (TPSA) is 132 Å². The third-order valence-corrected chi connectivity index (χ3v) is 9.84. The molecule has 3 aromatic carbocycles. The highest BCUT2D eigenvalue weighted by molar-refractivity contribution is 8.00. The van der Waals surface area contributed by atoms with Crippen molar-refractivity contribution in [3.63, 3.8) is 0 Å². The van der Waals surface area contributed by atoms with Gasteiger partial charge in [-0.1, -0.05) is 52.9 Å². The van der Waals surface area contributed by atoms with Crippen LogP contribution < -0.4 is 15.1 Å². The standard InChI is InChI=1S/C29H21FN4O6S2/c1-15-2-8-18(9-3-15)31-21(35)14-32-28-25(42-29(32)38)22(16-4-6-17(30)7-5-16)23-24(41-28)27(37)33(26(23)36)19-10-12-20(13-11-19)34(39)40/h2-13,22-24H,14H2,1H3,(H,31,35)/t22-,23-,24+/m0/s1. The number of aryl methyl sites for hydroxylation is 1. The van der Waals surface area contributed by atoms with E-state index in [1.54, 1.807) is 12.1 Å². The number of aromatic nitrogens is 1. The van der Waals surface area contributed by atoms with Crippen LogP contribution in [0.5, 0.6) is 0 Å². The van der Waals surface area contributed by atoms with E-state index in [-0.39, 0.29) is 17.9 Å². The zero-order valence-electron chi connectivity index (χ0n) is 21.9. The number of nitro groups is 1. The van der Waals surface area contributed by atoms with Crippen LogP contribution in [0, 0.1) is 28.8 Å². The maximum Gasteiger partial charge on any atom is 0.308 e. The molecule has 13 heteroatoms. The molecule has 2 aliphatic rings. The predicted octanol–water partition coefficient (Wildman–Crippen LogP) is 4.70. The van der Waals surface area contributed by atoms with E-state index in [9.17, 15) is 33.7 Å². The molecular formula is C29H21FN4O6S2. The normalized spacial score (nSPS) is 19.4. The van der Waals surface area contributed by atoms with Gasteiger partial charge in [-0.2, -0.15) is 0 Å². The lowest BCUT2D eigenvalue weighted by Gasteiger charge is -2.30. The van der Waals surface area contributed by atoms with Gasteiger partial charge in [-0.25, -0.2) is 9.29 Å². The number of nitrogens with zero attached hydrogens (tertiary/aromatic N) is 3. The Hall–Kier alpha value is -4.62. The highest BCUT2D eigenvalue weighted by atomic mass is 32.2. The molecule has 2 aliphatic heterocycles. The molecule has 1 fully saturated rings. The van der Waals surface area contributed by atoms with Crippen LogP contribution in [-0.2, 0) is 20.9 Å². The molecule has 0 aliphatic carbocycles. The summed E-state index contributed by atoms with van der Waals surface area (Å²) in [7, 11) is 0. The molecule has 42 heavy (non-hydrogen) atoms. The molecule has 1 saturated heterocycles. The fourth-order valence-electron chi connectivity index (χ4n) is 5.24. The number of anilines is 2. The summed E-state index contributed by atoms with van der Waals surface area (Å²) in [6, 6.07) is 17.8. The van der Waals surface area contributed by atoms with E-state index < -0.39 is 50.4 Å². The fraction of sp³-hybridized carbons (Fsp3) is 0.172. The number of fused-ring (bicyclic) bond motifs is 2. The SMILES string of the molecule is Cc1ccc(NC(=O)Cn2c3c(sc2=O)[C@@H](c2ccc(F)cc2)[C@@H]2C(=O)N(c4ccc([N+](=O)[O-])cc4)C(=O)[C@@H]2S3)cc1. The molecule has 3 heterocycles. The number of rotatable bonds is 6. The first kappa shape index (κ1) is 27.5. The lowest BCUT2D eigenvalue weighted by atomic mass is 9.83. The highest BCUT2D eigenvalue weighted by Gasteiger charge is 2.56. The lowest BCUT2D eigenvalue weighted by molar-refractivity contribution is -0.384. The molecule has 212 valence electrons. The number of nitro benzene ring substituents is 1. The molecule has 0 radical (unpaired) electrons. The van der Waals surface area contributed by atoms with Crippen molar-refractivity contribution >= 4 is 57.9 Å². The fourth-order valence-corrected chi connectivity index (χ4v) is 8.02. The molecule has 0 spiro atoms. The first-order chi connectivity index (χ1) is 20.1. The van der Waals surface area contributed by atoms with Crippen LogP contribution in [0.2, 0.25) is 0 Å². The van der Waals surface area contributed by atoms with Crippen molar-refractivity contribution in [2.45, 2.75) is 29.7 Å². The molecule has 10 nitrogen and oxygen atoms in total. The van der Waals surface area contributed by atoms with Crippen molar-refractivity contribution in [1.29, 1.82) is 0 Å². The maximum atomic E-state index is 13.9. The summed E-state index contributed by atoms with van der Waals surface area (Å²) in [6.07, 6.45) is 0. The van der Waals surface area contributed by atoms with Crippen LogP contribution >= 0.6 is 23.1 Å². The molecule has 4 aromatic rings. The van der Waals surface area contributed by atoms with Gasteiger partial charge in [0.25, 0.3) is 5.69 Å². The molecule has 0 bridgehead atoms. The van der Waals surface area contributed by atoms with Crippen LogP contribution in [-0.4, -0.2) is 32.5 Å². The highest BCUT2D eigenvalue weighted by Crippen LogP contribution is 2.53. The smallest absolute Gasteiger partial charge is 0.308 e. The molecular weight excluding hydrogens is 583 g/mol. The minimum absolute atomic E-state index is 0.182. The summed E-state index contributed by atoms with van der Waals surface area (Å²) in [4.78, 5) is 65.4. The molecule has 6 rings (SSSR count). The number of thiazole rings is 1. The van der Waals surface area contributed by atoms with Crippen molar-refractivity contribution in [2.75, 3.05) is 10.2 Å². The molecule has 0 unspecified atom stereocenters. The number of hydrogen-bond donors (Lipinski definition) is 1. The third kappa shape index (κ3) is 4.80. The Morgan fingerprint density at radius 1 is 0.976 bits per heavy atom. The Morgan fingerprint density at radius 3 is 2.29 bits per heavy atom. The zero-order chi connectivity index (χ0) is 29.7. The van der Waals surface area contributed by atoms with Crippen LogP contribution in [0.25, 0.3) is 0 Å². The van der Waals surface area contributed by atoms with Crippen LogP contribution in [0.4, 0.5) is 21.5 Å². The number of benzene rings is 3. The number of carbonyl (C=O) groups is 3. The van der Waals surface area contributed by atoms with Crippen molar-refractivity contribution in [2.24, 2.45) is 5.92 Å². The van der Waals surface area contributed by atoms with Crippen molar-refractivity contribution in [3.8, 4) is 0 Å². The van der Waals surface area contributed by atoms with E-state index >= 15 is 0 Å². The number of thioether (sulfide) groups is 1. The lowest BCUT2D eigenvalue weighted by Crippen LogP contribution is -2.33. The van der Waals surface area contributed by atoms with Gasteiger partial charge in [-0.15, -0.1) is 0 Å². The Kier molecular flexibility index (Phi) is 6.99. The second-order valence-electron chi connectivity index (χ2n) is 9.92. The summed E-state index contributed by atoms with van der Waals surface area (Å²) in [5.41, 5.74) is 2.12. The number of carbonyl (C=O) groups excluding carboxylic acids is 3. The molecule has 3 atom stereocenters. The van der Waals surface area contributed by atoms with Crippen molar-refractivity contribution in [1.82, 2.24) is 4.57 Å². The average molecular weight is 605 g/mol. The number of halogens is 1. The minimum Gasteiger partial charge on any atom is -0.325 e. The first-order valence-electron chi connectivity index (χ1n) is 12.8. The monoisotopic (exact) mass is 604 g/mol. The Labute approximate surface area is 245 Å². The summed E-state index contributed by atoms with van der Waals surface area (Å²) in [5.74, 6) is -3.69. The summed E-state index contributed by atoms with van der Waals surface area (Å²) in [5, 5.41) is 13.3. The van der Waals surface area contributed by atoms with Gasteiger partial charge in [0.2, 0.25) is 17.7 Å². The van der Waals surface area contributed by atoms with E-state index in [0.717, 1.165) is 33.6 Å². The van der Waals surface area contributed by atoms with Gasteiger partial charge < -0.3 is 5.32 Å². The van der Waals surface area contributed by atoms with E-state index in [2.05, 4.69) is 5.32 Å². The van der Waals surface area contributed by atoms with Gasteiger partial charge in [-0.05, 0) is 48.9 Å². The third-order valence-electron chi connectivity index (χ3n) is 7.23. The molecule has 1 N–H and O–H groups in total. The number of amides is 3. The summed E-state index contributed by atoms with van der Waals surface area (Å²) in [6.45, 7) is 1.61. The van der Waals surface area contributed by atoms with Crippen molar-refractivity contribution < 1.29 is 23.7 Å². The Bertz CT molecular complexity index is 1800. The van der Waals surface area contributed by atoms with Gasteiger partial charge >= 0.3 is 4.87 Å². The van der Waals surface area contributed by atoms with Crippen LogP contribution in [0.1, 0.15) is 21.9 Å². The zero-order valence-corrected chi connectivity index (χ0v) is 23.5. The first-order valence-corrected chi connectivity index (χ1v) is 14.5. The summed E-state index contributed by atoms with van der Waals surface area (Å²) < 4.78 is 15.2. The van der Waals surface area contributed by atoms with Gasteiger partial charge in [0.15, 0.2) is 0 Å². The molecule has 3 amide bonds. The average Bonchev–Trinajstić information content (AvgIpc) is 3.41. The summed E-state index contributed by atoms with van der Waals surface area (Å²) >= 11 is 1.93. The van der Waals surface area contributed by atoms with Gasteiger partial charge in [0, 0.05) is 28.6 Å². The second-order valence-corrected chi connectivity index (χ2v) is 12.0.